The highest BCUT2D eigenvalue weighted by Gasteiger charge is 2.38. The molecule has 3 aromatic rings. The first-order chi connectivity index (χ1) is 18.4. The van der Waals surface area contributed by atoms with Gasteiger partial charge >= 0.3 is 12.1 Å². The number of carbonyl (C=O) groups is 1. The number of benzene rings is 3. The Morgan fingerprint density at radius 3 is 2.08 bits per heavy atom. The second-order valence-corrected chi connectivity index (χ2v) is 11.1. The van der Waals surface area contributed by atoms with E-state index in [1.165, 1.54) is 18.4 Å². The molecule has 3 N–H and O–H groups in total. The highest BCUT2D eigenvalue weighted by atomic mass is 32.2. The van der Waals surface area contributed by atoms with Gasteiger partial charge in [-0.2, -0.15) is 13.2 Å². The highest BCUT2D eigenvalue weighted by molar-refractivity contribution is 7.89. The minimum atomic E-state index is -5.08. The Kier molecular flexibility index (Phi) is 10.6. The van der Waals surface area contributed by atoms with Crippen molar-refractivity contribution in [3.8, 4) is 11.1 Å². The summed E-state index contributed by atoms with van der Waals surface area (Å²) in [7, 11) is -1.38. The largest absolute Gasteiger partial charge is 0.490 e. The third kappa shape index (κ3) is 9.77. The van der Waals surface area contributed by atoms with Gasteiger partial charge < -0.3 is 15.3 Å². The number of rotatable bonds is 8. The Morgan fingerprint density at radius 2 is 1.49 bits per heavy atom. The number of sulfonamides is 1. The summed E-state index contributed by atoms with van der Waals surface area (Å²) in [5.74, 6) is -2.76. The van der Waals surface area contributed by atoms with Crippen LogP contribution in [0.15, 0.2) is 83.8 Å². The minimum absolute atomic E-state index is 0.275. The zero-order valence-corrected chi connectivity index (χ0v) is 22.3. The van der Waals surface area contributed by atoms with Crippen LogP contribution in [0.1, 0.15) is 24.0 Å². The van der Waals surface area contributed by atoms with E-state index < -0.39 is 22.2 Å². The van der Waals surface area contributed by atoms with Gasteiger partial charge in [0.05, 0.1) is 4.90 Å². The number of carboxylic acids is 1. The molecule has 0 unspecified atom stereocenters. The molecular formula is C28H32F3N3O4S. The Bertz CT molecular complexity index is 1310. The first kappa shape index (κ1) is 30.3. The Labute approximate surface area is 226 Å². The van der Waals surface area contributed by atoms with Crippen molar-refractivity contribution in [1.29, 1.82) is 0 Å². The number of hydrogen-bond acceptors (Lipinski definition) is 5. The third-order valence-electron chi connectivity index (χ3n) is 6.29. The lowest BCUT2D eigenvalue weighted by atomic mass is 10.0. The maximum absolute atomic E-state index is 12.6. The molecule has 0 bridgehead atoms. The van der Waals surface area contributed by atoms with E-state index >= 15 is 0 Å². The normalized spacial score (nSPS) is 14.9. The van der Waals surface area contributed by atoms with Crippen LogP contribution in [0.5, 0.6) is 0 Å². The number of aliphatic carboxylic acids is 1. The van der Waals surface area contributed by atoms with Crippen LogP contribution in [-0.4, -0.2) is 56.7 Å². The maximum atomic E-state index is 12.6. The van der Waals surface area contributed by atoms with E-state index in [9.17, 15) is 21.6 Å². The van der Waals surface area contributed by atoms with Crippen molar-refractivity contribution in [1.82, 2.24) is 14.9 Å². The van der Waals surface area contributed by atoms with E-state index in [4.69, 9.17) is 9.90 Å². The van der Waals surface area contributed by atoms with E-state index in [0.29, 0.717) is 6.04 Å². The molecule has 11 heteroatoms. The van der Waals surface area contributed by atoms with Crippen molar-refractivity contribution in [3.05, 3.63) is 90.0 Å². The fraction of sp³-hybridized carbons (Fsp3) is 0.321. The summed E-state index contributed by atoms with van der Waals surface area (Å²) in [6.45, 7) is 3.41. The molecule has 4 rings (SSSR count). The second-order valence-electron chi connectivity index (χ2n) is 9.30. The van der Waals surface area contributed by atoms with Crippen molar-refractivity contribution in [2.75, 3.05) is 20.1 Å². The molecule has 0 amide bonds. The predicted molar refractivity (Wildman–Crippen MR) is 143 cm³/mol. The molecule has 7 nitrogen and oxygen atoms in total. The third-order valence-corrected chi connectivity index (χ3v) is 7.71. The van der Waals surface area contributed by atoms with Crippen LogP contribution in [0, 0.1) is 0 Å². The molecule has 39 heavy (non-hydrogen) atoms. The van der Waals surface area contributed by atoms with Crippen LogP contribution in [0.3, 0.4) is 0 Å². The van der Waals surface area contributed by atoms with Gasteiger partial charge in [0.1, 0.15) is 0 Å². The SMILES string of the molecule is CN1CCC(NCc2cccc(-c3ccc(S(=O)(=O)NCc4ccccc4)cc3)c2)CC1.O=C(O)C(F)(F)F. The second kappa shape index (κ2) is 13.7. The molecule has 0 atom stereocenters. The maximum Gasteiger partial charge on any atom is 0.490 e. The van der Waals surface area contributed by atoms with Gasteiger partial charge in [-0.05, 0) is 73.4 Å². The van der Waals surface area contributed by atoms with E-state index in [1.54, 1.807) is 12.1 Å². The average molecular weight is 564 g/mol. The number of carboxylic acid groups (broad SMARTS) is 1. The molecule has 3 aromatic carbocycles. The molecule has 1 heterocycles. The summed E-state index contributed by atoms with van der Waals surface area (Å²) in [5.41, 5.74) is 4.27. The van der Waals surface area contributed by atoms with E-state index in [-0.39, 0.29) is 11.4 Å². The van der Waals surface area contributed by atoms with Gasteiger partial charge in [0, 0.05) is 19.1 Å². The van der Waals surface area contributed by atoms with Gasteiger partial charge in [-0.3, -0.25) is 0 Å². The van der Waals surface area contributed by atoms with E-state index in [1.807, 2.05) is 42.5 Å². The molecule has 1 aliphatic rings. The monoisotopic (exact) mass is 563 g/mol. The lowest BCUT2D eigenvalue weighted by Gasteiger charge is -2.29. The first-order valence-electron chi connectivity index (χ1n) is 12.4. The van der Waals surface area contributed by atoms with Crippen LogP contribution < -0.4 is 10.0 Å². The quantitative estimate of drug-likeness (QED) is 0.369. The Balaban J connectivity index is 0.000000532. The van der Waals surface area contributed by atoms with Crippen molar-refractivity contribution in [2.24, 2.45) is 0 Å². The predicted octanol–water partition coefficient (Wildman–Crippen LogP) is 4.65. The minimum Gasteiger partial charge on any atom is -0.475 e. The lowest BCUT2D eigenvalue weighted by Crippen LogP contribution is -2.40. The van der Waals surface area contributed by atoms with Gasteiger partial charge in [-0.1, -0.05) is 60.7 Å². The van der Waals surface area contributed by atoms with Crippen molar-refractivity contribution in [3.63, 3.8) is 0 Å². The summed E-state index contributed by atoms with van der Waals surface area (Å²) < 4.78 is 59.7. The van der Waals surface area contributed by atoms with Crippen LogP contribution in [0.25, 0.3) is 11.1 Å². The average Bonchev–Trinajstić information content (AvgIpc) is 2.92. The smallest absolute Gasteiger partial charge is 0.475 e. The van der Waals surface area contributed by atoms with Gasteiger partial charge in [0.15, 0.2) is 0 Å². The fourth-order valence-electron chi connectivity index (χ4n) is 4.02. The van der Waals surface area contributed by atoms with Crippen molar-refractivity contribution < 1.29 is 31.5 Å². The first-order valence-corrected chi connectivity index (χ1v) is 13.9. The summed E-state index contributed by atoms with van der Waals surface area (Å²) in [4.78, 5) is 11.5. The molecule has 0 saturated carbocycles. The van der Waals surface area contributed by atoms with Crippen LogP contribution >= 0.6 is 0 Å². The number of piperidine rings is 1. The molecule has 0 aliphatic carbocycles. The molecule has 1 saturated heterocycles. The number of alkyl halides is 3. The topological polar surface area (TPSA) is 98.7 Å². The fourth-order valence-corrected chi connectivity index (χ4v) is 5.04. The van der Waals surface area contributed by atoms with Gasteiger partial charge in [-0.25, -0.2) is 17.9 Å². The van der Waals surface area contributed by atoms with Crippen molar-refractivity contribution >= 4 is 16.0 Å². The van der Waals surface area contributed by atoms with Crippen LogP contribution in [0.2, 0.25) is 0 Å². The van der Waals surface area contributed by atoms with E-state index in [2.05, 4.69) is 46.3 Å². The zero-order chi connectivity index (χ0) is 28.5. The van der Waals surface area contributed by atoms with Gasteiger partial charge in [0.25, 0.3) is 0 Å². The molecule has 0 aromatic heterocycles. The number of likely N-dealkylation sites (tertiary alicyclic amines) is 1. The number of nitrogens with zero attached hydrogens (tertiary/aromatic N) is 1. The lowest BCUT2D eigenvalue weighted by molar-refractivity contribution is -0.192. The highest BCUT2D eigenvalue weighted by Crippen LogP contribution is 2.23. The van der Waals surface area contributed by atoms with E-state index in [0.717, 1.165) is 36.3 Å². The summed E-state index contributed by atoms with van der Waals surface area (Å²) >= 11 is 0. The van der Waals surface area contributed by atoms with Gasteiger partial charge in [-0.15, -0.1) is 0 Å². The summed E-state index contributed by atoms with van der Waals surface area (Å²) in [6.07, 6.45) is -2.71. The Hall–Kier alpha value is -3.25. The van der Waals surface area contributed by atoms with Crippen molar-refractivity contribution in [2.45, 2.75) is 43.0 Å². The molecule has 1 aliphatic heterocycles. The number of hydrogen-bond donors (Lipinski definition) is 3. The summed E-state index contributed by atoms with van der Waals surface area (Å²) in [6, 6.07) is 25.6. The number of nitrogens with one attached hydrogen (secondary N) is 2. The standard InChI is InChI=1S/C26H31N3O2S.C2HF3O2/c1-29-16-14-25(15-17-29)27-19-22-8-5-9-24(18-22)23-10-12-26(13-11-23)32(30,31)28-20-21-6-3-2-4-7-21;3-2(4,5)1(6)7/h2-13,18,25,27-28H,14-17,19-20H2,1H3;(H,6,7). The van der Waals surface area contributed by atoms with Crippen LogP contribution in [0.4, 0.5) is 13.2 Å². The molecule has 0 radical (unpaired) electrons. The molecule has 0 spiro atoms. The molecule has 1 fully saturated rings. The molecule has 210 valence electrons. The van der Waals surface area contributed by atoms with Crippen LogP contribution in [-0.2, 0) is 27.9 Å². The number of halogens is 3. The Morgan fingerprint density at radius 1 is 0.897 bits per heavy atom. The summed E-state index contributed by atoms with van der Waals surface area (Å²) in [5, 5.41) is 10.8. The van der Waals surface area contributed by atoms with Gasteiger partial charge in [0.2, 0.25) is 10.0 Å². The zero-order valence-electron chi connectivity index (χ0n) is 21.5. The molecular weight excluding hydrogens is 531 g/mol.